The second-order valence-corrected chi connectivity index (χ2v) is 9.83. The maximum atomic E-state index is 13.3. The lowest BCUT2D eigenvalue weighted by atomic mass is 10.0. The third-order valence-electron chi connectivity index (χ3n) is 6.86. The molecule has 0 saturated carbocycles. The molecule has 1 fully saturated rings. The van der Waals surface area contributed by atoms with Crippen molar-refractivity contribution in [1.29, 1.82) is 0 Å². The molecule has 0 radical (unpaired) electrons. The number of hydrogen-bond donors (Lipinski definition) is 1. The van der Waals surface area contributed by atoms with Crippen LogP contribution in [0, 0.1) is 0 Å². The van der Waals surface area contributed by atoms with E-state index in [-0.39, 0.29) is 17.8 Å². The molecule has 3 atom stereocenters. The van der Waals surface area contributed by atoms with Crippen LogP contribution in [-0.2, 0) is 22.7 Å². The molecule has 1 saturated heterocycles. The second kappa shape index (κ2) is 13.4. The van der Waals surface area contributed by atoms with Gasteiger partial charge in [0, 0.05) is 24.4 Å². The van der Waals surface area contributed by atoms with Crippen LogP contribution >= 0.6 is 0 Å². The standard InChI is InChI=1S/C33H35NO6/c1-24(35)34-20-19-28(36)33(39-23-26-14-6-3-7-15-26)31(34)32(40-30-18-10-11-21-37-30)27-16-8-9-17-29(27)38-22-25-12-4-2-5-13-25/h2-9,12-17,19-20,24,30,32,35H,10-11,18,21-23H2,1H3. The van der Waals surface area contributed by atoms with E-state index < -0.39 is 18.6 Å². The molecule has 1 aliphatic heterocycles. The quantitative estimate of drug-likeness (QED) is 0.245. The molecule has 0 bridgehead atoms. The zero-order valence-corrected chi connectivity index (χ0v) is 22.6. The number of aliphatic hydroxyl groups excluding tert-OH is 1. The number of ether oxygens (including phenoxy) is 4. The smallest absolute Gasteiger partial charge is 0.223 e. The summed E-state index contributed by atoms with van der Waals surface area (Å²) in [5, 5.41) is 10.8. The second-order valence-electron chi connectivity index (χ2n) is 9.83. The molecule has 0 aliphatic carbocycles. The van der Waals surface area contributed by atoms with Crippen molar-refractivity contribution in [2.75, 3.05) is 6.61 Å². The van der Waals surface area contributed by atoms with Crippen LogP contribution in [-0.4, -0.2) is 22.6 Å². The number of aromatic nitrogens is 1. The number of hydrogen-bond acceptors (Lipinski definition) is 6. The SMILES string of the molecule is CC(O)n1ccc(=O)c(OCc2ccccc2)c1C(OC1CCCCO1)c1ccccc1OCc1ccccc1. The molecule has 2 heterocycles. The van der Waals surface area contributed by atoms with Crippen LogP contribution in [0.3, 0.4) is 0 Å². The summed E-state index contributed by atoms with van der Waals surface area (Å²) in [7, 11) is 0. The van der Waals surface area contributed by atoms with Gasteiger partial charge < -0.3 is 28.6 Å². The zero-order valence-electron chi connectivity index (χ0n) is 22.6. The topological polar surface area (TPSA) is 79.2 Å². The largest absolute Gasteiger partial charge is 0.489 e. The van der Waals surface area contributed by atoms with E-state index in [0.29, 0.717) is 30.2 Å². The summed E-state index contributed by atoms with van der Waals surface area (Å²) in [5.74, 6) is 0.723. The van der Waals surface area contributed by atoms with Gasteiger partial charge in [-0.1, -0.05) is 78.9 Å². The summed E-state index contributed by atoms with van der Waals surface area (Å²) in [5.41, 5.74) is 2.75. The van der Waals surface area contributed by atoms with E-state index in [2.05, 4.69) is 0 Å². The highest BCUT2D eigenvalue weighted by Crippen LogP contribution is 2.39. The van der Waals surface area contributed by atoms with E-state index in [9.17, 15) is 9.90 Å². The van der Waals surface area contributed by atoms with E-state index in [4.69, 9.17) is 18.9 Å². The first-order valence-corrected chi connectivity index (χ1v) is 13.7. The van der Waals surface area contributed by atoms with Gasteiger partial charge in [0.25, 0.3) is 0 Å². The summed E-state index contributed by atoms with van der Waals surface area (Å²) < 4.78 is 26.7. The van der Waals surface area contributed by atoms with Gasteiger partial charge in [-0.05, 0) is 43.4 Å². The molecule has 0 amide bonds. The number of pyridine rings is 1. The summed E-state index contributed by atoms with van der Waals surface area (Å²) in [4.78, 5) is 13.3. The Hall–Kier alpha value is -3.91. The van der Waals surface area contributed by atoms with Gasteiger partial charge in [0.05, 0.1) is 0 Å². The number of nitrogens with zero attached hydrogens (tertiary/aromatic N) is 1. The van der Waals surface area contributed by atoms with Gasteiger partial charge in [-0.2, -0.15) is 0 Å². The average molecular weight is 542 g/mol. The van der Waals surface area contributed by atoms with Crippen LogP contribution in [0.2, 0.25) is 0 Å². The van der Waals surface area contributed by atoms with Crippen molar-refractivity contribution in [3.63, 3.8) is 0 Å². The van der Waals surface area contributed by atoms with Gasteiger partial charge in [-0.15, -0.1) is 0 Å². The Morgan fingerprint density at radius 2 is 1.52 bits per heavy atom. The van der Waals surface area contributed by atoms with Crippen molar-refractivity contribution < 1.29 is 24.1 Å². The minimum absolute atomic E-state index is 0.117. The molecule has 0 spiro atoms. The molecule has 7 nitrogen and oxygen atoms in total. The Labute approximate surface area is 234 Å². The third kappa shape index (κ3) is 6.80. The fourth-order valence-corrected chi connectivity index (χ4v) is 4.82. The van der Waals surface area contributed by atoms with Gasteiger partial charge in [-0.3, -0.25) is 4.79 Å². The number of para-hydroxylation sites is 1. The minimum Gasteiger partial charge on any atom is -0.489 e. The fraction of sp³-hybridized carbons (Fsp3) is 0.303. The fourth-order valence-electron chi connectivity index (χ4n) is 4.82. The molecule has 1 aromatic heterocycles. The summed E-state index contributed by atoms with van der Waals surface area (Å²) in [6, 6.07) is 28.6. The van der Waals surface area contributed by atoms with Crippen molar-refractivity contribution in [1.82, 2.24) is 4.57 Å². The molecule has 7 heteroatoms. The van der Waals surface area contributed by atoms with Gasteiger partial charge in [0.1, 0.15) is 37.0 Å². The molecular weight excluding hydrogens is 506 g/mol. The lowest BCUT2D eigenvalue weighted by Crippen LogP contribution is -2.29. The maximum absolute atomic E-state index is 13.3. The molecular formula is C33H35NO6. The van der Waals surface area contributed by atoms with E-state index in [1.807, 2.05) is 84.9 Å². The Morgan fingerprint density at radius 1 is 0.875 bits per heavy atom. The third-order valence-corrected chi connectivity index (χ3v) is 6.86. The van der Waals surface area contributed by atoms with Gasteiger partial charge in [0.2, 0.25) is 5.43 Å². The summed E-state index contributed by atoms with van der Waals surface area (Å²) in [6.07, 6.45) is 1.98. The highest BCUT2D eigenvalue weighted by atomic mass is 16.7. The molecule has 4 aromatic rings. The highest BCUT2D eigenvalue weighted by Gasteiger charge is 2.32. The predicted octanol–water partition coefficient (Wildman–Crippen LogP) is 6.15. The molecule has 1 N–H and O–H groups in total. The van der Waals surface area contributed by atoms with Crippen molar-refractivity contribution in [2.24, 2.45) is 0 Å². The Kier molecular flexibility index (Phi) is 9.29. The van der Waals surface area contributed by atoms with Crippen molar-refractivity contribution >= 4 is 0 Å². The Bertz CT molecular complexity index is 1410. The van der Waals surface area contributed by atoms with Gasteiger partial charge in [-0.25, -0.2) is 0 Å². The van der Waals surface area contributed by atoms with Crippen LogP contribution in [0.25, 0.3) is 0 Å². The van der Waals surface area contributed by atoms with Crippen LogP contribution in [0.5, 0.6) is 11.5 Å². The Morgan fingerprint density at radius 3 is 2.17 bits per heavy atom. The average Bonchev–Trinajstić information content (AvgIpc) is 3.00. The summed E-state index contributed by atoms with van der Waals surface area (Å²) in [6.45, 7) is 2.78. The summed E-state index contributed by atoms with van der Waals surface area (Å²) >= 11 is 0. The van der Waals surface area contributed by atoms with Crippen LogP contribution in [0.4, 0.5) is 0 Å². The molecule has 1 aliphatic rings. The minimum atomic E-state index is -0.953. The van der Waals surface area contributed by atoms with Crippen molar-refractivity contribution in [3.05, 3.63) is 130 Å². The first kappa shape index (κ1) is 27.6. The van der Waals surface area contributed by atoms with Crippen molar-refractivity contribution in [3.8, 4) is 11.5 Å². The lowest BCUT2D eigenvalue weighted by molar-refractivity contribution is -0.183. The van der Waals surface area contributed by atoms with Crippen molar-refractivity contribution in [2.45, 2.75) is 58.0 Å². The number of aliphatic hydroxyl groups is 1. The van der Waals surface area contributed by atoms with E-state index in [1.54, 1.807) is 17.7 Å². The predicted molar refractivity (Wildman–Crippen MR) is 152 cm³/mol. The molecule has 40 heavy (non-hydrogen) atoms. The molecule has 3 aromatic carbocycles. The van der Waals surface area contributed by atoms with Crippen LogP contribution in [0.1, 0.15) is 60.9 Å². The number of benzene rings is 3. The Balaban J connectivity index is 1.59. The van der Waals surface area contributed by atoms with Crippen LogP contribution in [0.15, 0.2) is 102 Å². The monoisotopic (exact) mass is 541 g/mol. The van der Waals surface area contributed by atoms with Gasteiger partial charge in [0.15, 0.2) is 12.0 Å². The maximum Gasteiger partial charge on any atom is 0.223 e. The van der Waals surface area contributed by atoms with E-state index in [0.717, 1.165) is 30.4 Å². The zero-order chi connectivity index (χ0) is 27.7. The molecule has 3 unspecified atom stereocenters. The normalized spacial score (nSPS) is 16.7. The van der Waals surface area contributed by atoms with E-state index in [1.165, 1.54) is 6.07 Å². The van der Waals surface area contributed by atoms with E-state index >= 15 is 0 Å². The van der Waals surface area contributed by atoms with Gasteiger partial charge >= 0.3 is 0 Å². The lowest BCUT2D eigenvalue weighted by Gasteiger charge is -2.32. The van der Waals surface area contributed by atoms with Crippen LogP contribution < -0.4 is 14.9 Å². The highest BCUT2D eigenvalue weighted by molar-refractivity contribution is 5.44. The molecule has 208 valence electrons. The molecule has 5 rings (SSSR count). The number of rotatable bonds is 11. The first-order valence-electron chi connectivity index (χ1n) is 13.7. The first-order chi connectivity index (χ1) is 19.6.